The second kappa shape index (κ2) is 21.8. The number of methoxy groups -OCH3 is 1. The van der Waals surface area contributed by atoms with Gasteiger partial charge in [-0.1, -0.05) is 90.1 Å². The van der Waals surface area contributed by atoms with Crippen molar-refractivity contribution in [3.05, 3.63) is 106 Å². The number of nitrogens with one attached hydrogen (secondary N) is 2. The van der Waals surface area contributed by atoms with Crippen molar-refractivity contribution in [3.63, 3.8) is 0 Å². The Balaban J connectivity index is 0.000000373. The van der Waals surface area contributed by atoms with E-state index in [1.807, 2.05) is 42.5 Å². The molecule has 0 bridgehead atoms. The third-order valence-corrected chi connectivity index (χ3v) is 7.12. The normalized spacial score (nSPS) is 10.5. The number of benzene rings is 3. The molecule has 0 unspecified atom stereocenters. The number of nitrogens with two attached hydrogens (primary N) is 1. The quantitative estimate of drug-likeness (QED) is 0.206. The van der Waals surface area contributed by atoms with Crippen molar-refractivity contribution in [1.29, 1.82) is 10.5 Å². The smallest absolute Gasteiger partial charge is 0.309 e. The number of nitrogens with zero attached hydrogens (tertiary/aromatic N) is 2. The van der Waals surface area contributed by atoms with E-state index in [1.165, 1.54) is 7.11 Å². The average molecular weight is 668 g/mol. The van der Waals surface area contributed by atoms with Crippen LogP contribution in [0.4, 0.5) is 0 Å². The predicted molar refractivity (Wildman–Crippen MR) is 194 cm³/mol. The molecule has 49 heavy (non-hydrogen) atoms. The first-order valence-electron chi connectivity index (χ1n) is 16.4. The summed E-state index contributed by atoms with van der Waals surface area (Å²) in [5, 5.41) is 23.1. The zero-order chi connectivity index (χ0) is 36.9. The molecule has 0 radical (unpaired) electrons. The van der Waals surface area contributed by atoms with Gasteiger partial charge in [0.2, 0.25) is 11.8 Å². The molecule has 9 heteroatoms. The van der Waals surface area contributed by atoms with Gasteiger partial charge in [0.25, 0.3) is 0 Å². The first kappa shape index (κ1) is 42.0. The maximum absolute atomic E-state index is 11.7. The maximum atomic E-state index is 11.7. The van der Waals surface area contributed by atoms with Crippen LogP contribution in [0.1, 0.15) is 87.8 Å². The number of amides is 2. The second-order valence-electron chi connectivity index (χ2n) is 14.1. The summed E-state index contributed by atoms with van der Waals surface area (Å²) < 4.78 is 4.51. The Bertz CT molecular complexity index is 1520. The van der Waals surface area contributed by atoms with E-state index >= 15 is 0 Å². The van der Waals surface area contributed by atoms with Crippen LogP contribution in [0.25, 0.3) is 0 Å². The van der Waals surface area contributed by atoms with E-state index in [0.29, 0.717) is 37.1 Å². The number of hydrogen-bond acceptors (Lipinski definition) is 7. The molecule has 4 N–H and O–H groups in total. The summed E-state index contributed by atoms with van der Waals surface area (Å²) >= 11 is 0. The lowest BCUT2D eigenvalue weighted by atomic mass is 9.92. The van der Waals surface area contributed by atoms with E-state index in [-0.39, 0.29) is 35.0 Å². The van der Waals surface area contributed by atoms with Crippen LogP contribution in [0.2, 0.25) is 0 Å². The molecule has 0 spiro atoms. The topological polar surface area (TPSA) is 158 Å². The Morgan fingerprint density at radius 2 is 0.939 bits per heavy atom. The molecule has 0 aliphatic rings. The minimum Gasteiger partial charge on any atom is -0.469 e. The monoisotopic (exact) mass is 667 g/mol. The van der Waals surface area contributed by atoms with Gasteiger partial charge < -0.3 is 21.1 Å². The molecule has 0 saturated carbocycles. The van der Waals surface area contributed by atoms with Crippen molar-refractivity contribution in [1.82, 2.24) is 10.6 Å². The van der Waals surface area contributed by atoms with E-state index in [4.69, 9.17) is 16.3 Å². The average Bonchev–Trinajstić information content (AvgIpc) is 3.05. The van der Waals surface area contributed by atoms with Gasteiger partial charge in [-0.2, -0.15) is 10.5 Å². The highest BCUT2D eigenvalue weighted by Crippen LogP contribution is 2.17. The molecule has 0 aliphatic carbocycles. The standard InChI is InChI=1S/C15H24N2O.C15H20N2O.C10H9NO2/c2*1-15(2,3)8-9-17-14(18)10-12-4-6-13(11-16)7-5-12;1-13-10(12)6-8-2-4-9(7-11)5-3-8/h4-7H,8-11,16H2,1-3H3,(H,17,18);4-7H,8-10H2,1-3H3,(H,17,18);2-5H,6H2,1H3. The van der Waals surface area contributed by atoms with Crippen molar-refractivity contribution >= 4 is 17.8 Å². The number of carbonyl (C=O) groups excluding carboxylic acids is 3. The Morgan fingerprint density at radius 3 is 1.24 bits per heavy atom. The van der Waals surface area contributed by atoms with E-state index < -0.39 is 0 Å². The molecule has 3 aromatic carbocycles. The maximum Gasteiger partial charge on any atom is 0.309 e. The van der Waals surface area contributed by atoms with Crippen LogP contribution in [0.3, 0.4) is 0 Å². The highest BCUT2D eigenvalue weighted by Gasteiger charge is 2.12. The third kappa shape index (κ3) is 20.8. The van der Waals surface area contributed by atoms with E-state index in [0.717, 1.165) is 41.6 Å². The van der Waals surface area contributed by atoms with Crippen LogP contribution in [-0.4, -0.2) is 38.0 Å². The SMILES string of the molecule is CC(C)(C)CCNC(=O)Cc1ccc(C#N)cc1.CC(C)(C)CCNC(=O)Cc1ccc(CN)cc1.COC(=O)Cc1ccc(C#N)cc1. The first-order chi connectivity index (χ1) is 23.1. The summed E-state index contributed by atoms with van der Waals surface area (Å²) in [6, 6.07) is 25.9. The first-order valence-corrected chi connectivity index (χ1v) is 16.4. The van der Waals surface area contributed by atoms with Gasteiger partial charge in [-0.25, -0.2) is 0 Å². The van der Waals surface area contributed by atoms with Crippen molar-refractivity contribution in [2.24, 2.45) is 16.6 Å². The number of esters is 1. The van der Waals surface area contributed by atoms with Crippen LogP contribution in [0, 0.1) is 33.5 Å². The number of nitriles is 2. The molecule has 0 aliphatic heterocycles. The lowest BCUT2D eigenvalue weighted by Gasteiger charge is -2.18. The van der Waals surface area contributed by atoms with Crippen LogP contribution in [-0.2, 0) is 44.9 Å². The highest BCUT2D eigenvalue weighted by molar-refractivity contribution is 5.79. The summed E-state index contributed by atoms with van der Waals surface area (Å²) in [7, 11) is 1.35. The minimum absolute atomic E-state index is 0.0314. The number of carbonyl (C=O) groups is 3. The largest absolute Gasteiger partial charge is 0.469 e. The summed E-state index contributed by atoms with van der Waals surface area (Å²) in [6.07, 6.45) is 3.02. The van der Waals surface area contributed by atoms with Crippen LogP contribution in [0.15, 0.2) is 72.8 Å². The molecule has 9 nitrogen and oxygen atoms in total. The van der Waals surface area contributed by atoms with Crippen LogP contribution < -0.4 is 16.4 Å². The van der Waals surface area contributed by atoms with Crippen molar-refractivity contribution in [2.45, 2.75) is 80.2 Å². The van der Waals surface area contributed by atoms with Gasteiger partial charge in [-0.15, -0.1) is 0 Å². The Labute approximate surface area is 292 Å². The summed E-state index contributed by atoms with van der Waals surface area (Å²) in [5.74, 6) is -0.159. The molecule has 0 fully saturated rings. The number of hydrogen-bond donors (Lipinski definition) is 3. The fraction of sp³-hybridized carbons (Fsp3) is 0.425. The van der Waals surface area contributed by atoms with Crippen LogP contribution >= 0.6 is 0 Å². The van der Waals surface area contributed by atoms with Crippen molar-refractivity contribution in [3.8, 4) is 12.1 Å². The van der Waals surface area contributed by atoms with Gasteiger partial charge in [0.1, 0.15) is 0 Å². The molecule has 3 rings (SSSR count). The van der Waals surface area contributed by atoms with Gasteiger partial charge in [0.05, 0.1) is 49.6 Å². The van der Waals surface area contributed by atoms with Crippen LogP contribution in [0.5, 0.6) is 0 Å². The predicted octanol–water partition coefficient (Wildman–Crippen LogP) is 6.17. The van der Waals surface area contributed by atoms with E-state index in [1.54, 1.807) is 36.4 Å². The lowest BCUT2D eigenvalue weighted by Crippen LogP contribution is -2.28. The van der Waals surface area contributed by atoms with Crippen molar-refractivity contribution < 1.29 is 19.1 Å². The highest BCUT2D eigenvalue weighted by atomic mass is 16.5. The lowest BCUT2D eigenvalue weighted by molar-refractivity contribution is -0.139. The second-order valence-corrected chi connectivity index (χ2v) is 14.1. The summed E-state index contributed by atoms with van der Waals surface area (Å²) in [5.41, 5.74) is 11.1. The molecular weight excluding hydrogens is 614 g/mol. The molecule has 3 aromatic rings. The fourth-order valence-electron chi connectivity index (χ4n) is 4.08. The minimum atomic E-state index is -0.273. The van der Waals surface area contributed by atoms with Gasteiger partial charge >= 0.3 is 5.97 Å². The van der Waals surface area contributed by atoms with Gasteiger partial charge in [0.15, 0.2) is 0 Å². The number of rotatable bonds is 11. The van der Waals surface area contributed by atoms with Gasteiger partial charge in [-0.05, 0) is 70.2 Å². The molecule has 0 aromatic heterocycles. The molecule has 2 amide bonds. The Hall–Kier alpha value is -4.99. The summed E-state index contributed by atoms with van der Waals surface area (Å²) in [6.45, 7) is 15.0. The zero-order valence-electron chi connectivity index (χ0n) is 30.2. The van der Waals surface area contributed by atoms with Gasteiger partial charge in [0, 0.05) is 19.6 Å². The molecule has 0 atom stereocenters. The number of ether oxygens (including phenoxy) is 1. The molecule has 262 valence electrons. The Morgan fingerprint density at radius 1 is 0.612 bits per heavy atom. The van der Waals surface area contributed by atoms with E-state index in [2.05, 4.69) is 63.0 Å². The summed E-state index contributed by atoms with van der Waals surface area (Å²) in [4.78, 5) is 34.2. The Kier molecular flexibility index (Phi) is 18.7. The molecule has 0 saturated heterocycles. The molecular formula is C40H53N5O4. The fourth-order valence-corrected chi connectivity index (χ4v) is 4.08. The third-order valence-electron chi connectivity index (χ3n) is 7.12. The van der Waals surface area contributed by atoms with Gasteiger partial charge in [-0.3, -0.25) is 14.4 Å². The zero-order valence-corrected chi connectivity index (χ0v) is 30.2. The van der Waals surface area contributed by atoms with E-state index in [9.17, 15) is 14.4 Å². The van der Waals surface area contributed by atoms with Crippen molar-refractivity contribution in [2.75, 3.05) is 20.2 Å². The molecule has 0 heterocycles.